The zero-order chi connectivity index (χ0) is 16.7. The summed E-state index contributed by atoms with van der Waals surface area (Å²) in [6.45, 7) is 4.98. The lowest BCUT2D eigenvalue weighted by Crippen LogP contribution is -2.21. The molecule has 0 radical (unpaired) electrons. The van der Waals surface area contributed by atoms with Crippen molar-refractivity contribution in [3.63, 3.8) is 0 Å². The quantitative estimate of drug-likeness (QED) is 0.728. The molecule has 0 spiro atoms. The lowest BCUT2D eigenvalue weighted by atomic mass is 10.1. The first-order valence-corrected chi connectivity index (χ1v) is 7.54. The molecule has 0 N–H and O–H groups in total. The molecule has 1 atom stereocenters. The molecule has 23 heavy (non-hydrogen) atoms. The van der Waals surface area contributed by atoms with Crippen LogP contribution in [0.5, 0.6) is 5.75 Å². The van der Waals surface area contributed by atoms with Crippen LogP contribution < -0.4 is 9.84 Å². The standard InChI is InChI=1S/C18H20N2O3/c1-3-13(2)12-23-17-10-8-16(9-11-17)20-19-15-6-4-14(5-7-15)18(21)22/h4-11,13H,3,12H2,1-2H3,(H,21,22)/p-1. The second kappa shape index (κ2) is 8.08. The number of rotatable bonds is 7. The molecule has 5 nitrogen and oxygen atoms in total. The summed E-state index contributed by atoms with van der Waals surface area (Å²) >= 11 is 0. The highest BCUT2D eigenvalue weighted by atomic mass is 16.5. The third-order valence-corrected chi connectivity index (χ3v) is 3.45. The Balaban J connectivity index is 1.95. The highest BCUT2D eigenvalue weighted by molar-refractivity contribution is 5.86. The number of nitrogens with zero attached hydrogens (tertiary/aromatic N) is 2. The molecule has 0 aliphatic rings. The predicted octanol–water partition coefficient (Wildman–Crippen LogP) is 3.89. The van der Waals surface area contributed by atoms with E-state index in [0.29, 0.717) is 23.9 Å². The van der Waals surface area contributed by atoms with Gasteiger partial charge in [0.2, 0.25) is 0 Å². The van der Waals surface area contributed by atoms with Crippen LogP contribution in [0.2, 0.25) is 0 Å². The Labute approximate surface area is 135 Å². The molecule has 1 unspecified atom stereocenters. The van der Waals surface area contributed by atoms with Crippen molar-refractivity contribution in [1.82, 2.24) is 0 Å². The van der Waals surface area contributed by atoms with E-state index in [-0.39, 0.29) is 5.56 Å². The molecule has 5 heteroatoms. The highest BCUT2D eigenvalue weighted by Gasteiger charge is 2.00. The fourth-order valence-corrected chi connectivity index (χ4v) is 1.75. The van der Waals surface area contributed by atoms with Gasteiger partial charge < -0.3 is 14.6 Å². The Bertz CT molecular complexity index is 664. The van der Waals surface area contributed by atoms with Gasteiger partial charge in [0, 0.05) is 0 Å². The SMILES string of the molecule is CCC(C)COc1ccc(N=Nc2ccc(C(=O)[O-])cc2)cc1. The molecule has 2 aromatic rings. The Hall–Kier alpha value is -2.69. The van der Waals surface area contributed by atoms with E-state index in [9.17, 15) is 9.90 Å². The normalized spacial score (nSPS) is 12.3. The van der Waals surface area contributed by atoms with Crippen molar-refractivity contribution in [1.29, 1.82) is 0 Å². The van der Waals surface area contributed by atoms with Gasteiger partial charge in [0.25, 0.3) is 0 Å². The van der Waals surface area contributed by atoms with Gasteiger partial charge in [-0.25, -0.2) is 0 Å². The second-order valence-electron chi connectivity index (χ2n) is 5.35. The smallest absolute Gasteiger partial charge is 0.119 e. The van der Waals surface area contributed by atoms with Crippen LogP contribution in [-0.4, -0.2) is 12.6 Å². The first-order valence-electron chi connectivity index (χ1n) is 7.54. The van der Waals surface area contributed by atoms with Gasteiger partial charge in [-0.3, -0.25) is 0 Å². The van der Waals surface area contributed by atoms with Crippen LogP contribution in [0.4, 0.5) is 11.4 Å². The average Bonchev–Trinajstić information content (AvgIpc) is 2.59. The number of carbonyl (C=O) groups is 1. The molecule has 0 saturated heterocycles. The Morgan fingerprint density at radius 2 is 1.57 bits per heavy atom. The van der Waals surface area contributed by atoms with E-state index in [1.165, 1.54) is 12.1 Å². The molecule has 0 bridgehead atoms. The van der Waals surface area contributed by atoms with Gasteiger partial charge in [-0.05, 0) is 47.9 Å². The van der Waals surface area contributed by atoms with Crippen LogP contribution in [0.1, 0.15) is 30.6 Å². The maximum absolute atomic E-state index is 10.7. The number of benzene rings is 2. The van der Waals surface area contributed by atoms with Gasteiger partial charge in [0.15, 0.2) is 0 Å². The van der Waals surface area contributed by atoms with E-state index < -0.39 is 5.97 Å². The van der Waals surface area contributed by atoms with Gasteiger partial charge in [0.1, 0.15) is 5.75 Å². The molecular weight excluding hydrogens is 292 g/mol. The molecule has 120 valence electrons. The zero-order valence-corrected chi connectivity index (χ0v) is 13.2. The maximum Gasteiger partial charge on any atom is 0.119 e. The monoisotopic (exact) mass is 311 g/mol. The van der Waals surface area contributed by atoms with E-state index in [4.69, 9.17) is 4.74 Å². The van der Waals surface area contributed by atoms with Crippen LogP contribution in [0.25, 0.3) is 0 Å². The summed E-state index contributed by atoms with van der Waals surface area (Å²) in [4.78, 5) is 10.7. The Morgan fingerprint density at radius 3 is 2.04 bits per heavy atom. The number of hydrogen-bond acceptors (Lipinski definition) is 5. The lowest BCUT2D eigenvalue weighted by molar-refractivity contribution is -0.255. The highest BCUT2D eigenvalue weighted by Crippen LogP contribution is 2.22. The van der Waals surface area contributed by atoms with E-state index in [1.807, 2.05) is 24.3 Å². The van der Waals surface area contributed by atoms with E-state index >= 15 is 0 Å². The summed E-state index contributed by atoms with van der Waals surface area (Å²) in [5.41, 5.74) is 1.39. The lowest BCUT2D eigenvalue weighted by Gasteiger charge is -2.10. The molecule has 0 amide bonds. The summed E-state index contributed by atoms with van der Waals surface area (Å²) < 4.78 is 5.68. The van der Waals surface area contributed by atoms with Crippen molar-refractivity contribution in [3.05, 3.63) is 54.1 Å². The number of carbonyl (C=O) groups excluding carboxylic acids is 1. The minimum Gasteiger partial charge on any atom is -0.545 e. The van der Waals surface area contributed by atoms with Gasteiger partial charge in [-0.15, -0.1) is 0 Å². The van der Waals surface area contributed by atoms with Crippen LogP contribution in [0, 0.1) is 5.92 Å². The number of aromatic carboxylic acids is 1. The van der Waals surface area contributed by atoms with Crippen molar-refractivity contribution >= 4 is 17.3 Å². The summed E-state index contributed by atoms with van der Waals surface area (Å²) in [6.07, 6.45) is 1.09. The second-order valence-corrected chi connectivity index (χ2v) is 5.35. The molecule has 0 saturated carbocycles. The molecular formula is C18H19N2O3-. The third-order valence-electron chi connectivity index (χ3n) is 3.45. The van der Waals surface area contributed by atoms with Crippen molar-refractivity contribution in [2.75, 3.05) is 6.61 Å². The van der Waals surface area contributed by atoms with Gasteiger partial charge in [-0.2, -0.15) is 10.2 Å². The molecule has 0 aliphatic heterocycles. The largest absolute Gasteiger partial charge is 0.545 e. The predicted molar refractivity (Wildman–Crippen MR) is 86.3 cm³/mol. The van der Waals surface area contributed by atoms with E-state index in [2.05, 4.69) is 24.1 Å². The average molecular weight is 311 g/mol. The fourth-order valence-electron chi connectivity index (χ4n) is 1.75. The summed E-state index contributed by atoms with van der Waals surface area (Å²) in [5, 5.41) is 18.8. The van der Waals surface area contributed by atoms with Crippen molar-refractivity contribution in [2.24, 2.45) is 16.1 Å². The Kier molecular flexibility index (Phi) is 5.86. The van der Waals surface area contributed by atoms with Crippen LogP contribution in [0.3, 0.4) is 0 Å². The molecule has 2 aromatic carbocycles. The van der Waals surface area contributed by atoms with Crippen molar-refractivity contribution in [2.45, 2.75) is 20.3 Å². The Morgan fingerprint density at radius 1 is 1.04 bits per heavy atom. The summed E-state index contributed by atoms with van der Waals surface area (Å²) in [5.74, 6) is 0.127. The fraction of sp³-hybridized carbons (Fsp3) is 0.278. The zero-order valence-electron chi connectivity index (χ0n) is 13.2. The molecule has 0 aliphatic carbocycles. The first-order chi connectivity index (χ1) is 11.1. The number of ether oxygens (including phenoxy) is 1. The number of carboxylic acids is 1. The van der Waals surface area contributed by atoms with Crippen LogP contribution in [0.15, 0.2) is 58.8 Å². The van der Waals surface area contributed by atoms with Crippen molar-refractivity contribution < 1.29 is 14.6 Å². The van der Waals surface area contributed by atoms with Gasteiger partial charge in [0.05, 0.1) is 24.0 Å². The number of hydrogen-bond donors (Lipinski definition) is 0. The maximum atomic E-state index is 10.7. The molecule has 0 heterocycles. The molecule has 2 rings (SSSR count). The summed E-state index contributed by atoms with van der Waals surface area (Å²) in [6, 6.07) is 13.4. The van der Waals surface area contributed by atoms with E-state index in [1.54, 1.807) is 12.1 Å². The third kappa shape index (κ3) is 5.21. The van der Waals surface area contributed by atoms with Crippen LogP contribution in [-0.2, 0) is 0 Å². The van der Waals surface area contributed by atoms with Crippen LogP contribution >= 0.6 is 0 Å². The topological polar surface area (TPSA) is 74.1 Å². The summed E-state index contributed by atoms with van der Waals surface area (Å²) in [7, 11) is 0. The minimum atomic E-state index is -1.21. The number of azo groups is 1. The minimum absolute atomic E-state index is 0.117. The number of carboxylic acid groups (broad SMARTS) is 1. The van der Waals surface area contributed by atoms with Crippen molar-refractivity contribution in [3.8, 4) is 5.75 Å². The molecule has 0 fully saturated rings. The van der Waals surface area contributed by atoms with Gasteiger partial charge in [-0.1, -0.05) is 32.4 Å². The molecule has 0 aromatic heterocycles. The van der Waals surface area contributed by atoms with Gasteiger partial charge >= 0.3 is 0 Å². The van der Waals surface area contributed by atoms with E-state index in [0.717, 1.165) is 12.2 Å². The first kappa shape index (κ1) is 16.7.